The number of rotatable bonds is 5. The van der Waals surface area contributed by atoms with E-state index in [1.807, 2.05) is 25.1 Å². The van der Waals surface area contributed by atoms with E-state index in [9.17, 15) is 14.7 Å². The topological polar surface area (TPSA) is 69.6 Å². The summed E-state index contributed by atoms with van der Waals surface area (Å²) in [6.45, 7) is 5.72. The molecule has 1 saturated heterocycles. The molecule has 1 atom stereocenters. The van der Waals surface area contributed by atoms with E-state index in [4.69, 9.17) is 0 Å². The Balaban J connectivity index is 1.54. The van der Waals surface area contributed by atoms with Crippen LogP contribution in [0.3, 0.4) is 0 Å². The first kappa shape index (κ1) is 20.7. The Morgan fingerprint density at radius 3 is 2.42 bits per heavy atom. The first-order valence-corrected chi connectivity index (χ1v) is 10.5. The number of carboxylic acids is 1. The number of aryl methyl sites for hydroxylation is 2. The monoisotopic (exact) mass is 414 g/mol. The van der Waals surface area contributed by atoms with Crippen molar-refractivity contribution in [3.8, 4) is 0 Å². The molecular formula is C26H26N2O3. The molecule has 0 radical (unpaired) electrons. The van der Waals surface area contributed by atoms with Crippen LogP contribution in [0.2, 0.25) is 0 Å². The quantitative estimate of drug-likeness (QED) is 0.598. The predicted octanol–water partition coefficient (Wildman–Crippen LogP) is 5.25. The van der Waals surface area contributed by atoms with Gasteiger partial charge < -0.3 is 15.3 Å². The highest BCUT2D eigenvalue weighted by atomic mass is 16.4. The smallest absolute Gasteiger partial charge is 0.337 e. The number of hydrogen-bond acceptors (Lipinski definition) is 3. The summed E-state index contributed by atoms with van der Waals surface area (Å²) >= 11 is 0. The fraction of sp³-hybridized carbons (Fsp3) is 0.231. The number of carboxylic acid groups (broad SMARTS) is 1. The Kier molecular flexibility index (Phi) is 5.76. The minimum atomic E-state index is -1.06. The van der Waals surface area contributed by atoms with Crippen LogP contribution >= 0.6 is 0 Å². The van der Waals surface area contributed by atoms with Gasteiger partial charge in [0.05, 0.1) is 11.3 Å². The molecule has 4 rings (SSSR count). The Bertz CT molecular complexity index is 1140. The molecule has 1 amide bonds. The zero-order valence-corrected chi connectivity index (χ0v) is 17.8. The minimum absolute atomic E-state index is 0.0949. The maximum Gasteiger partial charge on any atom is 0.337 e. The maximum absolute atomic E-state index is 12.6. The Morgan fingerprint density at radius 1 is 0.968 bits per heavy atom. The number of anilines is 2. The molecule has 0 saturated carbocycles. The van der Waals surface area contributed by atoms with Crippen molar-refractivity contribution in [3.63, 3.8) is 0 Å². The third-order valence-corrected chi connectivity index (χ3v) is 5.83. The summed E-state index contributed by atoms with van der Waals surface area (Å²) in [5.41, 5.74) is 5.30. The van der Waals surface area contributed by atoms with Crippen LogP contribution in [0.25, 0.3) is 0 Å². The second-order valence-corrected chi connectivity index (χ2v) is 8.20. The van der Waals surface area contributed by atoms with Gasteiger partial charge in [-0.25, -0.2) is 4.79 Å². The van der Waals surface area contributed by atoms with E-state index in [1.54, 1.807) is 24.3 Å². The summed E-state index contributed by atoms with van der Waals surface area (Å²) < 4.78 is 0. The van der Waals surface area contributed by atoms with Gasteiger partial charge in [-0.1, -0.05) is 47.5 Å². The summed E-state index contributed by atoms with van der Waals surface area (Å²) in [5.74, 6) is -0.954. The first-order valence-electron chi connectivity index (χ1n) is 10.5. The van der Waals surface area contributed by atoms with E-state index in [1.165, 1.54) is 11.1 Å². The van der Waals surface area contributed by atoms with E-state index in [0.717, 1.165) is 30.8 Å². The Morgan fingerprint density at radius 2 is 1.71 bits per heavy atom. The van der Waals surface area contributed by atoms with Crippen LogP contribution in [-0.2, 0) is 0 Å². The molecule has 1 aliphatic rings. The zero-order chi connectivity index (χ0) is 22.0. The van der Waals surface area contributed by atoms with Crippen LogP contribution in [-0.4, -0.2) is 30.1 Å². The van der Waals surface area contributed by atoms with Crippen molar-refractivity contribution in [1.82, 2.24) is 0 Å². The molecule has 31 heavy (non-hydrogen) atoms. The minimum Gasteiger partial charge on any atom is -0.478 e. The molecule has 1 aliphatic heterocycles. The number of aromatic carboxylic acids is 1. The van der Waals surface area contributed by atoms with E-state index in [2.05, 4.69) is 41.4 Å². The van der Waals surface area contributed by atoms with Gasteiger partial charge in [0.15, 0.2) is 0 Å². The molecular weight excluding hydrogens is 388 g/mol. The molecule has 1 fully saturated rings. The highest BCUT2D eigenvalue weighted by Gasteiger charge is 2.25. The van der Waals surface area contributed by atoms with Gasteiger partial charge in [0.1, 0.15) is 0 Å². The van der Waals surface area contributed by atoms with Crippen molar-refractivity contribution in [1.29, 1.82) is 0 Å². The van der Waals surface area contributed by atoms with E-state index >= 15 is 0 Å². The van der Waals surface area contributed by atoms with E-state index in [0.29, 0.717) is 17.2 Å². The van der Waals surface area contributed by atoms with Crippen LogP contribution in [0.4, 0.5) is 11.4 Å². The van der Waals surface area contributed by atoms with Gasteiger partial charge in [-0.05, 0) is 56.2 Å². The summed E-state index contributed by atoms with van der Waals surface area (Å²) in [7, 11) is 0. The molecule has 1 heterocycles. The molecule has 5 nitrogen and oxygen atoms in total. The average Bonchev–Trinajstić information content (AvgIpc) is 3.24. The summed E-state index contributed by atoms with van der Waals surface area (Å²) in [6.07, 6.45) is 1.03. The fourth-order valence-corrected chi connectivity index (χ4v) is 4.19. The molecule has 158 valence electrons. The second kappa shape index (κ2) is 8.64. The van der Waals surface area contributed by atoms with Crippen LogP contribution in [0.1, 0.15) is 49.7 Å². The van der Waals surface area contributed by atoms with Crippen molar-refractivity contribution in [2.75, 3.05) is 23.3 Å². The second-order valence-electron chi connectivity index (χ2n) is 8.20. The SMILES string of the molecule is Cc1cccc(C(=O)Nc2ccc(N3CC[C@@H](c4cccc(C)c4)C3)cc2C(=O)O)c1. The lowest BCUT2D eigenvalue weighted by Crippen LogP contribution is -2.20. The predicted molar refractivity (Wildman–Crippen MR) is 123 cm³/mol. The van der Waals surface area contributed by atoms with Crippen molar-refractivity contribution >= 4 is 23.3 Å². The molecule has 0 aromatic heterocycles. The van der Waals surface area contributed by atoms with Crippen LogP contribution < -0.4 is 10.2 Å². The van der Waals surface area contributed by atoms with Gasteiger partial charge in [-0.15, -0.1) is 0 Å². The van der Waals surface area contributed by atoms with Gasteiger partial charge in [0.2, 0.25) is 0 Å². The van der Waals surface area contributed by atoms with E-state index in [-0.39, 0.29) is 11.5 Å². The fourth-order valence-electron chi connectivity index (χ4n) is 4.19. The number of amides is 1. The average molecular weight is 415 g/mol. The number of nitrogens with one attached hydrogen (secondary N) is 1. The highest BCUT2D eigenvalue weighted by Crippen LogP contribution is 2.33. The molecule has 3 aromatic carbocycles. The van der Waals surface area contributed by atoms with Gasteiger partial charge >= 0.3 is 5.97 Å². The number of hydrogen-bond donors (Lipinski definition) is 2. The van der Waals surface area contributed by atoms with E-state index < -0.39 is 5.97 Å². The van der Waals surface area contributed by atoms with Gasteiger partial charge in [-0.2, -0.15) is 0 Å². The third kappa shape index (κ3) is 4.61. The molecule has 3 aromatic rings. The Labute approximate surface area is 182 Å². The summed E-state index contributed by atoms with van der Waals surface area (Å²) in [4.78, 5) is 26.7. The molecule has 0 bridgehead atoms. The molecule has 0 unspecified atom stereocenters. The zero-order valence-electron chi connectivity index (χ0n) is 17.8. The lowest BCUT2D eigenvalue weighted by atomic mass is 9.97. The Hall–Kier alpha value is -3.60. The lowest BCUT2D eigenvalue weighted by molar-refractivity contribution is 0.0698. The molecule has 5 heteroatoms. The van der Waals surface area contributed by atoms with Crippen LogP contribution in [0.15, 0.2) is 66.7 Å². The van der Waals surface area contributed by atoms with Crippen molar-refractivity contribution in [3.05, 3.63) is 94.5 Å². The molecule has 0 spiro atoms. The number of carbonyl (C=O) groups excluding carboxylic acids is 1. The normalized spacial score (nSPS) is 15.7. The standard InChI is InChI=1S/C26H26N2O3/c1-17-5-3-7-19(13-17)21-11-12-28(16-21)22-9-10-24(23(15-22)26(30)31)27-25(29)20-8-4-6-18(2)14-20/h3-10,13-15,21H,11-12,16H2,1-2H3,(H,27,29)(H,30,31)/t21-/m1/s1. The molecule has 2 N–H and O–H groups in total. The number of carbonyl (C=O) groups is 2. The summed E-state index contributed by atoms with van der Waals surface area (Å²) in [6, 6.07) is 21.0. The largest absolute Gasteiger partial charge is 0.478 e. The number of nitrogens with zero attached hydrogens (tertiary/aromatic N) is 1. The lowest BCUT2D eigenvalue weighted by Gasteiger charge is -2.20. The van der Waals surface area contributed by atoms with Crippen LogP contribution in [0.5, 0.6) is 0 Å². The van der Waals surface area contributed by atoms with Crippen molar-refractivity contribution in [2.24, 2.45) is 0 Å². The van der Waals surface area contributed by atoms with Gasteiger partial charge in [0.25, 0.3) is 5.91 Å². The number of benzene rings is 3. The molecule has 0 aliphatic carbocycles. The first-order chi connectivity index (χ1) is 14.9. The summed E-state index contributed by atoms with van der Waals surface area (Å²) in [5, 5.41) is 12.5. The highest BCUT2D eigenvalue weighted by molar-refractivity contribution is 6.08. The van der Waals surface area contributed by atoms with Crippen LogP contribution in [0, 0.1) is 13.8 Å². The van der Waals surface area contributed by atoms with Gasteiger partial charge in [0, 0.05) is 30.3 Å². The third-order valence-electron chi connectivity index (χ3n) is 5.83. The maximum atomic E-state index is 12.6. The van der Waals surface area contributed by atoms with Crippen molar-refractivity contribution < 1.29 is 14.7 Å². The van der Waals surface area contributed by atoms with Crippen molar-refractivity contribution in [2.45, 2.75) is 26.2 Å². The van der Waals surface area contributed by atoms with Gasteiger partial charge in [-0.3, -0.25) is 4.79 Å².